The molecular formula is C15H13Br3N2O. The van der Waals surface area contributed by atoms with Gasteiger partial charge in [0.15, 0.2) is 0 Å². The maximum Gasteiger partial charge on any atom is 0.227 e. The van der Waals surface area contributed by atoms with E-state index in [-0.39, 0.29) is 5.91 Å². The highest BCUT2D eigenvalue weighted by Crippen LogP contribution is 2.33. The number of aromatic amines is 1. The van der Waals surface area contributed by atoms with Crippen molar-refractivity contribution in [2.75, 3.05) is 6.54 Å². The summed E-state index contributed by atoms with van der Waals surface area (Å²) in [6, 6.07) is 7.87. The zero-order valence-corrected chi connectivity index (χ0v) is 15.9. The first-order valence-electron chi connectivity index (χ1n) is 6.62. The van der Waals surface area contributed by atoms with Crippen molar-refractivity contribution in [3.63, 3.8) is 0 Å². The highest BCUT2D eigenvalue weighted by atomic mass is 79.9. The van der Waals surface area contributed by atoms with Crippen molar-refractivity contribution >= 4 is 53.7 Å². The van der Waals surface area contributed by atoms with E-state index in [9.17, 15) is 4.79 Å². The zero-order chi connectivity index (χ0) is 15.0. The third-order valence-corrected chi connectivity index (χ3v) is 6.49. The number of nitrogens with one attached hydrogen (secondary N) is 1. The van der Waals surface area contributed by atoms with Gasteiger partial charge in [-0.3, -0.25) is 4.79 Å². The number of halogens is 3. The molecule has 21 heavy (non-hydrogen) atoms. The van der Waals surface area contributed by atoms with Crippen LogP contribution in [0.2, 0.25) is 0 Å². The maximum absolute atomic E-state index is 12.5. The second-order valence-electron chi connectivity index (χ2n) is 5.04. The summed E-state index contributed by atoms with van der Waals surface area (Å²) in [6.07, 6.45) is 1.29. The van der Waals surface area contributed by atoms with E-state index in [0.717, 1.165) is 32.1 Å². The summed E-state index contributed by atoms with van der Waals surface area (Å²) in [5.41, 5.74) is 3.41. The Morgan fingerprint density at radius 1 is 1.24 bits per heavy atom. The van der Waals surface area contributed by atoms with Crippen LogP contribution < -0.4 is 0 Å². The highest BCUT2D eigenvalue weighted by molar-refractivity contribution is 9.13. The number of hydrogen-bond donors (Lipinski definition) is 1. The Hall–Kier alpha value is -0.590. The number of aromatic nitrogens is 1. The highest BCUT2D eigenvalue weighted by Gasteiger charge is 2.25. The van der Waals surface area contributed by atoms with Gasteiger partial charge in [-0.1, -0.05) is 34.1 Å². The zero-order valence-electron chi connectivity index (χ0n) is 11.1. The summed E-state index contributed by atoms with van der Waals surface area (Å²) in [5.74, 6) is 0.164. The third-order valence-electron chi connectivity index (χ3n) is 3.72. The Morgan fingerprint density at radius 3 is 2.76 bits per heavy atom. The second-order valence-corrected chi connectivity index (χ2v) is 7.48. The van der Waals surface area contributed by atoms with Crippen molar-refractivity contribution in [3.05, 3.63) is 54.6 Å². The van der Waals surface area contributed by atoms with E-state index < -0.39 is 0 Å². The molecule has 6 heteroatoms. The molecule has 1 aromatic carbocycles. The number of benzene rings is 1. The fourth-order valence-corrected chi connectivity index (χ4v) is 3.92. The Labute approximate surface area is 148 Å². The summed E-state index contributed by atoms with van der Waals surface area (Å²) in [7, 11) is 0. The number of H-pyrrole nitrogens is 1. The van der Waals surface area contributed by atoms with Gasteiger partial charge < -0.3 is 9.88 Å². The van der Waals surface area contributed by atoms with Crippen LogP contribution in [0.15, 0.2) is 37.8 Å². The quantitative estimate of drug-likeness (QED) is 0.684. The number of amides is 1. The molecule has 2 heterocycles. The molecule has 2 aromatic rings. The smallest absolute Gasteiger partial charge is 0.227 e. The second kappa shape index (κ2) is 6.26. The molecule has 1 amide bonds. The van der Waals surface area contributed by atoms with Crippen molar-refractivity contribution < 1.29 is 4.79 Å². The minimum absolute atomic E-state index is 0.164. The van der Waals surface area contributed by atoms with Crippen LogP contribution in [0.25, 0.3) is 0 Å². The predicted molar refractivity (Wildman–Crippen MR) is 93.2 cm³/mol. The summed E-state index contributed by atoms with van der Waals surface area (Å²) in [4.78, 5) is 17.7. The molecule has 0 radical (unpaired) electrons. The number of rotatable bonds is 2. The lowest BCUT2D eigenvalue weighted by molar-refractivity contribution is -0.131. The van der Waals surface area contributed by atoms with Gasteiger partial charge in [-0.15, -0.1) is 0 Å². The minimum atomic E-state index is 0.164. The van der Waals surface area contributed by atoms with Crippen molar-refractivity contribution in [3.8, 4) is 0 Å². The molecule has 0 spiro atoms. The first-order valence-corrected chi connectivity index (χ1v) is 9.00. The van der Waals surface area contributed by atoms with E-state index in [1.54, 1.807) is 0 Å². The van der Waals surface area contributed by atoms with E-state index in [1.807, 2.05) is 29.2 Å². The Kier molecular flexibility index (Phi) is 4.57. The Bertz CT molecular complexity index is 696. The van der Waals surface area contributed by atoms with Gasteiger partial charge in [0.2, 0.25) is 5.91 Å². The van der Waals surface area contributed by atoms with Gasteiger partial charge >= 0.3 is 0 Å². The lowest BCUT2D eigenvalue weighted by atomic mass is 10.1. The average Bonchev–Trinajstić information content (AvgIpc) is 2.76. The van der Waals surface area contributed by atoms with E-state index >= 15 is 0 Å². The molecule has 0 fully saturated rings. The van der Waals surface area contributed by atoms with Gasteiger partial charge in [-0.25, -0.2) is 0 Å². The van der Waals surface area contributed by atoms with Gasteiger partial charge in [0.05, 0.1) is 15.5 Å². The molecule has 0 saturated heterocycles. The first-order chi connectivity index (χ1) is 10.1. The monoisotopic (exact) mass is 474 g/mol. The van der Waals surface area contributed by atoms with Gasteiger partial charge in [0.25, 0.3) is 0 Å². The van der Waals surface area contributed by atoms with Crippen molar-refractivity contribution in [1.82, 2.24) is 9.88 Å². The van der Waals surface area contributed by atoms with Crippen molar-refractivity contribution in [1.29, 1.82) is 0 Å². The van der Waals surface area contributed by atoms with Crippen molar-refractivity contribution in [2.24, 2.45) is 0 Å². The molecule has 1 N–H and O–H groups in total. The number of hydrogen-bond acceptors (Lipinski definition) is 1. The molecule has 3 nitrogen and oxygen atoms in total. The summed E-state index contributed by atoms with van der Waals surface area (Å²) < 4.78 is 2.96. The van der Waals surface area contributed by atoms with Gasteiger partial charge in [-0.05, 0) is 43.5 Å². The fourth-order valence-electron chi connectivity index (χ4n) is 2.55. The molecule has 0 aliphatic carbocycles. The minimum Gasteiger partial charge on any atom is -0.352 e. The van der Waals surface area contributed by atoms with E-state index in [2.05, 4.69) is 52.8 Å². The Morgan fingerprint density at radius 2 is 2.00 bits per heavy atom. The molecular weight excluding hydrogens is 464 g/mol. The molecule has 1 aliphatic rings. The molecule has 1 aromatic heterocycles. The van der Waals surface area contributed by atoms with Gasteiger partial charge in [0, 0.05) is 35.2 Å². The van der Waals surface area contributed by atoms with Crippen LogP contribution in [0.1, 0.15) is 16.8 Å². The average molecular weight is 477 g/mol. The number of carbonyl (C=O) groups excluding carboxylic acids is 1. The van der Waals surface area contributed by atoms with E-state index in [1.165, 1.54) is 11.3 Å². The maximum atomic E-state index is 12.5. The molecule has 0 unspecified atom stereocenters. The predicted octanol–water partition coefficient (Wildman–Crippen LogP) is 4.43. The van der Waals surface area contributed by atoms with Crippen LogP contribution >= 0.6 is 47.8 Å². The summed E-state index contributed by atoms with van der Waals surface area (Å²) >= 11 is 10.6. The number of fused-ring (bicyclic) bond motifs is 1. The van der Waals surface area contributed by atoms with Crippen LogP contribution in [0.4, 0.5) is 0 Å². The molecule has 0 atom stereocenters. The first kappa shape index (κ1) is 15.3. The van der Waals surface area contributed by atoms with E-state index in [0.29, 0.717) is 13.0 Å². The van der Waals surface area contributed by atoms with Crippen LogP contribution in [0.3, 0.4) is 0 Å². The number of nitrogens with zero attached hydrogens (tertiary/aromatic N) is 1. The summed E-state index contributed by atoms with van der Waals surface area (Å²) in [6.45, 7) is 1.41. The summed E-state index contributed by atoms with van der Waals surface area (Å²) in [5, 5.41) is 0. The lowest BCUT2D eigenvalue weighted by Crippen LogP contribution is -2.36. The van der Waals surface area contributed by atoms with Crippen LogP contribution in [-0.4, -0.2) is 22.3 Å². The number of carbonyl (C=O) groups is 1. The standard InChI is InChI=1S/C15H13Br3N2O/c16-11-4-2-1-3-9(11)7-13(21)20-6-5-12-10(8-20)14(17)15(18)19-12/h1-4,19H,5-8H2. The van der Waals surface area contributed by atoms with Gasteiger partial charge in [-0.2, -0.15) is 0 Å². The van der Waals surface area contributed by atoms with E-state index in [4.69, 9.17) is 0 Å². The normalized spacial score (nSPS) is 14.1. The third kappa shape index (κ3) is 3.12. The molecule has 1 aliphatic heterocycles. The molecule has 0 bridgehead atoms. The van der Waals surface area contributed by atoms with Gasteiger partial charge in [0.1, 0.15) is 0 Å². The van der Waals surface area contributed by atoms with Crippen LogP contribution in [-0.2, 0) is 24.2 Å². The molecule has 0 saturated carbocycles. The van der Waals surface area contributed by atoms with Crippen LogP contribution in [0.5, 0.6) is 0 Å². The van der Waals surface area contributed by atoms with Crippen molar-refractivity contribution in [2.45, 2.75) is 19.4 Å². The van der Waals surface area contributed by atoms with Crippen LogP contribution in [0, 0.1) is 0 Å². The topological polar surface area (TPSA) is 36.1 Å². The largest absolute Gasteiger partial charge is 0.352 e. The molecule has 110 valence electrons. The lowest BCUT2D eigenvalue weighted by Gasteiger charge is -2.27. The molecule has 3 rings (SSSR count). The Balaban J connectivity index is 1.75. The SMILES string of the molecule is O=C(Cc1ccccc1Br)N1CCc2[nH]c(Br)c(Br)c2C1. The fraction of sp³-hybridized carbons (Fsp3) is 0.267.